The normalized spacial score (nSPS) is 12.2. The lowest BCUT2D eigenvalue weighted by Crippen LogP contribution is -2.25. The van der Waals surface area contributed by atoms with Crippen LogP contribution in [-0.4, -0.2) is 17.9 Å². The Bertz CT molecular complexity index is 607. The van der Waals surface area contributed by atoms with Crippen LogP contribution in [0.3, 0.4) is 0 Å². The Morgan fingerprint density at radius 2 is 2.00 bits per heavy atom. The van der Waals surface area contributed by atoms with Gasteiger partial charge in [-0.1, -0.05) is 29.8 Å². The second kappa shape index (κ2) is 6.33. The van der Waals surface area contributed by atoms with Gasteiger partial charge in [-0.2, -0.15) is 0 Å². The quantitative estimate of drug-likeness (QED) is 0.779. The van der Waals surface area contributed by atoms with Crippen molar-refractivity contribution in [2.24, 2.45) is 0 Å². The highest BCUT2D eigenvalue weighted by Gasteiger charge is 2.18. The summed E-state index contributed by atoms with van der Waals surface area (Å²) in [5.41, 5.74) is 0.891. The first-order valence-electron chi connectivity index (χ1n) is 6.21. The summed E-state index contributed by atoms with van der Waals surface area (Å²) in [4.78, 5) is 13.8. The largest absolute Gasteiger partial charge is 0.454 e. The summed E-state index contributed by atoms with van der Waals surface area (Å²) < 4.78 is 5.44. The van der Waals surface area contributed by atoms with E-state index >= 15 is 0 Å². The summed E-state index contributed by atoms with van der Waals surface area (Å²) in [7, 11) is 1.71. The van der Waals surface area contributed by atoms with Gasteiger partial charge in [0.2, 0.25) is 0 Å². The van der Waals surface area contributed by atoms with E-state index < -0.39 is 0 Å². The molecule has 1 aromatic heterocycles. The van der Waals surface area contributed by atoms with Crippen LogP contribution >= 0.6 is 23.2 Å². The van der Waals surface area contributed by atoms with Crippen molar-refractivity contribution in [1.29, 1.82) is 0 Å². The van der Waals surface area contributed by atoms with E-state index in [0.717, 1.165) is 5.56 Å². The zero-order valence-electron chi connectivity index (χ0n) is 11.3. The van der Waals surface area contributed by atoms with Gasteiger partial charge in [0, 0.05) is 18.6 Å². The van der Waals surface area contributed by atoms with Gasteiger partial charge in [-0.3, -0.25) is 4.79 Å². The van der Waals surface area contributed by atoms with E-state index in [0.29, 0.717) is 17.3 Å². The Balaban J connectivity index is 2.10. The van der Waals surface area contributed by atoms with Gasteiger partial charge in [-0.25, -0.2) is 0 Å². The molecule has 0 fully saturated rings. The standard InChI is InChI=1S/C15H15Cl2NO2/c1-10(16)13-7-8-14(20-13)15(19)18(2)9-11-5-3-4-6-12(11)17/h3-8,10H,9H2,1-2H3. The van der Waals surface area contributed by atoms with Crippen molar-refractivity contribution in [3.63, 3.8) is 0 Å². The number of carbonyl (C=O) groups is 1. The van der Waals surface area contributed by atoms with Crippen molar-refractivity contribution in [1.82, 2.24) is 4.90 Å². The summed E-state index contributed by atoms with van der Waals surface area (Å²) in [6, 6.07) is 10.8. The van der Waals surface area contributed by atoms with Crippen LogP contribution in [0.4, 0.5) is 0 Å². The molecule has 1 atom stereocenters. The highest BCUT2D eigenvalue weighted by atomic mass is 35.5. The lowest BCUT2D eigenvalue weighted by Gasteiger charge is -2.16. The van der Waals surface area contributed by atoms with E-state index in [9.17, 15) is 4.79 Å². The van der Waals surface area contributed by atoms with Crippen LogP contribution < -0.4 is 0 Å². The highest BCUT2D eigenvalue weighted by molar-refractivity contribution is 6.31. The molecule has 1 unspecified atom stereocenters. The predicted octanol–water partition coefficient (Wildman–Crippen LogP) is 4.51. The van der Waals surface area contributed by atoms with E-state index in [-0.39, 0.29) is 17.0 Å². The van der Waals surface area contributed by atoms with Crippen LogP contribution in [-0.2, 0) is 6.54 Å². The smallest absolute Gasteiger partial charge is 0.289 e. The Kier molecular flexibility index (Phi) is 4.73. The molecular weight excluding hydrogens is 297 g/mol. The molecule has 2 rings (SSSR count). The fourth-order valence-corrected chi connectivity index (χ4v) is 2.14. The summed E-state index contributed by atoms with van der Waals surface area (Å²) in [6.07, 6.45) is 0. The minimum atomic E-state index is -0.259. The molecule has 0 aliphatic heterocycles. The summed E-state index contributed by atoms with van der Waals surface area (Å²) >= 11 is 12.0. The SMILES string of the molecule is CC(Cl)c1ccc(C(=O)N(C)Cc2ccccc2Cl)o1. The average molecular weight is 312 g/mol. The zero-order valence-corrected chi connectivity index (χ0v) is 12.8. The molecule has 106 valence electrons. The molecule has 0 bridgehead atoms. The van der Waals surface area contributed by atoms with Crippen LogP contribution in [0, 0.1) is 0 Å². The van der Waals surface area contributed by atoms with Crippen molar-refractivity contribution in [2.75, 3.05) is 7.05 Å². The van der Waals surface area contributed by atoms with Crippen LogP contribution in [0.1, 0.15) is 34.2 Å². The average Bonchev–Trinajstić information content (AvgIpc) is 2.90. The van der Waals surface area contributed by atoms with Gasteiger partial charge in [0.25, 0.3) is 5.91 Å². The Morgan fingerprint density at radius 1 is 1.30 bits per heavy atom. The number of nitrogens with zero attached hydrogens (tertiary/aromatic N) is 1. The van der Waals surface area contributed by atoms with Crippen molar-refractivity contribution in [3.8, 4) is 0 Å². The number of rotatable bonds is 4. The monoisotopic (exact) mass is 311 g/mol. The second-order valence-corrected chi connectivity index (χ2v) is 5.63. The van der Waals surface area contributed by atoms with Crippen molar-refractivity contribution < 1.29 is 9.21 Å². The molecule has 1 amide bonds. The summed E-state index contributed by atoms with van der Waals surface area (Å²) in [5, 5.41) is 0.382. The third-order valence-corrected chi connectivity index (χ3v) is 3.53. The molecule has 0 radical (unpaired) electrons. The molecule has 5 heteroatoms. The van der Waals surface area contributed by atoms with Gasteiger partial charge < -0.3 is 9.32 Å². The molecular formula is C15H15Cl2NO2. The Morgan fingerprint density at radius 3 is 2.60 bits per heavy atom. The lowest BCUT2D eigenvalue weighted by molar-refractivity contribution is 0.0751. The van der Waals surface area contributed by atoms with E-state index in [1.807, 2.05) is 18.2 Å². The molecule has 0 spiro atoms. The maximum absolute atomic E-state index is 12.2. The number of alkyl halides is 1. The lowest BCUT2D eigenvalue weighted by atomic mass is 10.2. The van der Waals surface area contributed by atoms with Crippen molar-refractivity contribution in [2.45, 2.75) is 18.8 Å². The van der Waals surface area contributed by atoms with Gasteiger partial charge in [0.1, 0.15) is 5.76 Å². The first kappa shape index (κ1) is 14.9. The number of halogens is 2. The van der Waals surface area contributed by atoms with Gasteiger partial charge in [-0.15, -0.1) is 11.6 Å². The molecule has 0 saturated carbocycles. The predicted molar refractivity (Wildman–Crippen MR) is 80.2 cm³/mol. The molecule has 1 aromatic carbocycles. The number of hydrogen-bond donors (Lipinski definition) is 0. The number of benzene rings is 1. The van der Waals surface area contributed by atoms with Crippen LogP contribution in [0.15, 0.2) is 40.8 Å². The van der Waals surface area contributed by atoms with Crippen LogP contribution in [0.25, 0.3) is 0 Å². The van der Waals surface area contributed by atoms with Crippen molar-refractivity contribution >= 4 is 29.1 Å². The Hall–Kier alpha value is -1.45. The van der Waals surface area contributed by atoms with Crippen LogP contribution in [0.2, 0.25) is 5.02 Å². The zero-order chi connectivity index (χ0) is 14.7. The molecule has 3 nitrogen and oxygen atoms in total. The van der Waals surface area contributed by atoms with E-state index in [1.165, 1.54) is 0 Å². The molecule has 0 N–H and O–H groups in total. The minimum Gasteiger partial charge on any atom is -0.454 e. The molecule has 2 aromatic rings. The van der Waals surface area contributed by atoms with Crippen LogP contribution in [0.5, 0.6) is 0 Å². The number of hydrogen-bond acceptors (Lipinski definition) is 2. The minimum absolute atomic E-state index is 0.200. The third-order valence-electron chi connectivity index (χ3n) is 2.94. The van der Waals surface area contributed by atoms with Gasteiger partial charge in [0.05, 0.1) is 5.38 Å². The fourth-order valence-electron chi connectivity index (χ4n) is 1.82. The number of carbonyl (C=O) groups excluding carboxylic acids is 1. The molecule has 0 aliphatic rings. The molecule has 20 heavy (non-hydrogen) atoms. The second-order valence-electron chi connectivity index (χ2n) is 4.57. The third kappa shape index (κ3) is 3.35. The van der Waals surface area contributed by atoms with E-state index in [2.05, 4.69) is 0 Å². The molecule has 1 heterocycles. The topological polar surface area (TPSA) is 33.5 Å². The van der Waals surface area contributed by atoms with Gasteiger partial charge in [0.15, 0.2) is 5.76 Å². The fraction of sp³-hybridized carbons (Fsp3) is 0.267. The van der Waals surface area contributed by atoms with E-state index in [4.69, 9.17) is 27.6 Å². The number of furan rings is 1. The molecule has 0 aliphatic carbocycles. The maximum atomic E-state index is 12.2. The first-order valence-corrected chi connectivity index (χ1v) is 7.03. The molecule has 0 saturated heterocycles. The Labute approximate surface area is 128 Å². The highest BCUT2D eigenvalue weighted by Crippen LogP contribution is 2.23. The number of amides is 1. The van der Waals surface area contributed by atoms with Crippen molar-refractivity contribution in [3.05, 3.63) is 58.5 Å². The van der Waals surface area contributed by atoms with Gasteiger partial charge in [-0.05, 0) is 30.7 Å². The summed E-state index contributed by atoms with van der Waals surface area (Å²) in [6.45, 7) is 2.22. The maximum Gasteiger partial charge on any atom is 0.289 e. The first-order chi connectivity index (χ1) is 9.49. The van der Waals surface area contributed by atoms with Gasteiger partial charge >= 0.3 is 0 Å². The summed E-state index contributed by atoms with van der Waals surface area (Å²) in [5.74, 6) is 0.664. The van der Waals surface area contributed by atoms with E-state index in [1.54, 1.807) is 37.1 Å².